The van der Waals surface area contributed by atoms with Crippen LogP contribution in [0, 0.1) is 0 Å². The van der Waals surface area contributed by atoms with Gasteiger partial charge < -0.3 is 15.8 Å². The molecule has 0 aliphatic rings. The highest BCUT2D eigenvalue weighted by Crippen LogP contribution is 2.13. The maximum atomic E-state index is 11.3. The molecule has 82 valence electrons. The Morgan fingerprint density at radius 1 is 1.80 bits per heavy atom. The number of rotatable bonds is 4. The highest BCUT2D eigenvalue weighted by Gasteiger charge is 2.13. The fourth-order valence-corrected chi connectivity index (χ4v) is 1.21. The van der Waals surface area contributed by atoms with Crippen LogP contribution in [0.2, 0.25) is 0 Å². The maximum absolute atomic E-state index is 11.3. The summed E-state index contributed by atoms with van der Waals surface area (Å²) in [5, 5.41) is 6.55. The van der Waals surface area contributed by atoms with Gasteiger partial charge in [0.25, 0.3) is 5.91 Å². The Morgan fingerprint density at radius 3 is 3.00 bits per heavy atom. The van der Waals surface area contributed by atoms with Crippen molar-refractivity contribution in [1.82, 2.24) is 9.78 Å². The Balaban J connectivity index is 2.88. The molecular formula is C8H12N4O2S. The van der Waals surface area contributed by atoms with Gasteiger partial charge in [0.05, 0.1) is 11.8 Å². The van der Waals surface area contributed by atoms with Crippen molar-refractivity contribution >= 4 is 28.9 Å². The monoisotopic (exact) mass is 228 g/mol. The first-order valence-corrected chi connectivity index (χ1v) is 4.57. The quantitative estimate of drug-likeness (QED) is 0.688. The molecule has 0 aliphatic heterocycles. The Bertz CT molecular complexity index is 388. The summed E-state index contributed by atoms with van der Waals surface area (Å²) in [5.41, 5.74) is 6.01. The minimum atomic E-state index is -0.279. The molecule has 1 amide bonds. The predicted molar refractivity (Wildman–Crippen MR) is 59.6 cm³/mol. The van der Waals surface area contributed by atoms with E-state index in [0.29, 0.717) is 11.4 Å². The molecule has 1 heterocycles. The lowest BCUT2D eigenvalue weighted by Crippen LogP contribution is -2.21. The van der Waals surface area contributed by atoms with E-state index in [2.05, 4.69) is 15.2 Å². The molecule has 0 atom stereocenters. The van der Waals surface area contributed by atoms with Gasteiger partial charge in [-0.05, 0) is 0 Å². The number of aromatic nitrogens is 2. The van der Waals surface area contributed by atoms with Crippen LogP contribution in [-0.2, 0) is 16.6 Å². The van der Waals surface area contributed by atoms with Crippen molar-refractivity contribution in [3.05, 3.63) is 11.8 Å². The zero-order valence-electron chi connectivity index (χ0n) is 8.48. The molecule has 0 radical (unpaired) electrons. The minimum Gasteiger partial charge on any atom is -0.389 e. The largest absolute Gasteiger partial charge is 0.389 e. The second-order valence-electron chi connectivity index (χ2n) is 2.88. The number of hydrogen-bond acceptors (Lipinski definition) is 4. The van der Waals surface area contributed by atoms with Crippen LogP contribution in [0.3, 0.4) is 0 Å². The van der Waals surface area contributed by atoms with Crippen molar-refractivity contribution in [3.63, 3.8) is 0 Å². The van der Waals surface area contributed by atoms with E-state index < -0.39 is 0 Å². The normalized spacial score (nSPS) is 10.0. The van der Waals surface area contributed by atoms with E-state index in [-0.39, 0.29) is 17.5 Å². The zero-order chi connectivity index (χ0) is 11.4. The van der Waals surface area contributed by atoms with Crippen molar-refractivity contribution in [2.24, 2.45) is 12.8 Å². The number of aryl methyl sites for hydroxylation is 1. The van der Waals surface area contributed by atoms with Gasteiger partial charge in [0.2, 0.25) is 0 Å². The van der Waals surface area contributed by atoms with E-state index in [1.165, 1.54) is 18.0 Å². The third-order valence-electron chi connectivity index (χ3n) is 1.74. The van der Waals surface area contributed by atoms with Crippen LogP contribution in [0.5, 0.6) is 0 Å². The molecule has 6 nitrogen and oxygen atoms in total. The van der Waals surface area contributed by atoms with Crippen molar-refractivity contribution in [2.75, 3.05) is 19.0 Å². The molecule has 15 heavy (non-hydrogen) atoms. The van der Waals surface area contributed by atoms with Gasteiger partial charge in [-0.1, -0.05) is 12.2 Å². The lowest BCUT2D eigenvalue weighted by atomic mass is 10.3. The fraction of sp³-hybridized carbons (Fsp3) is 0.375. The molecule has 0 spiro atoms. The maximum Gasteiger partial charge on any atom is 0.251 e. The molecule has 0 saturated carbocycles. The van der Waals surface area contributed by atoms with E-state index in [1.54, 1.807) is 7.05 Å². The Labute approximate surface area is 92.4 Å². The number of carbonyl (C=O) groups excluding carboxylic acids is 1. The highest BCUT2D eigenvalue weighted by molar-refractivity contribution is 7.80. The zero-order valence-corrected chi connectivity index (χ0v) is 9.30. The number of methoxy groups -OCH3 is 1. The van der Waals surface area contributed by atoms with Gasteiger partial charge >= 0.3 is 0 Å². The van der Waals surface area contributed by atoms with E-state index >= 15 is 0 Å². The van der Waals surface area contributed by atoms with E-state index in [9.17, 15) is 4.79 Å². The number of ether oxygens (including phenoxy) is 1. The van der Waals surface area contributed by atoms with Gasteiger partial charge in [-0.3, -0.25) is 9.48 Å². The Morgan fingerprint density at radius 2 is 2.47 bits per heavy atom. The standard InChI is InChI=1S/C8H12N4O2S/c1-12-8(11-6(13)4-14-2)5(3-10-12)7(9)15/h3H,4H2,1-2H3,(H2,9,15)(H,11,13). The van der Waals surface area contributed by atoms with Crippen LogP contribution in [-0.4, -0.2) is 34.4 Å². The van der Waals surface area contributed by atoms with Crippen molar-refractivity contribution in [2.45, 2.75) is 0 Å². The number of nitrogens with zero attached hydrogens (tertiary/aromatic N) is 2. The topological polar surface area (TPSA) is 82.2 Å². The number of nitrogens with one attached hydrogen (secondary N) is 1. The smallest absolute Gasteiger partial charge is 0.251 e. The van der Waals surface area contributed by atoms with Crippen molar-refractivity contribution < 1.29 is 9.53 Å². The van der Waals surface area contributed by atoms with Gasteiger partial charge in [-0.2, -0.15) is 5.10 Å². The third-order valence-corrected chi connectivity index (χ3v) is 1.96. The van der Waals surface area contributed by atoms with Crippen LogP contribution in [0.4, 0.5) is 5.82 Å². The molecule has 7 heteroatoms. The summed E-state index contributed by atoms with van der Waals surface area (Å²) in [6.07, 6.45) is 1.50. The average Bonchev–Trinajstić information content (AvgIpc) is 2.48. The summed E-state index contributed by atoms with van der Waals surface area (Å²) in [5.74, 6) is 0.197. The van der Waals surface area contributed by atoms with Crippen molar-refractivity contribution in [1.29, 1.82) is 0 Å². The number of carbonyl (C=O) groups is 1. The summed E-state index contributed by atoms with van der Waals surface area (Å²) in [6, 6.07) is 0. The molecule has 0 fully saturated rings. The summed E-state index contributed by atoms with van der Waals surface area (Å²) in [7, 11) is 3.13. The van der Waals surface area contributed by atoms with E-state index in [0.717, 1.165) is 0 Å². The highest BCUT2D eigenvalue weighted by atomic mass is 32.1. The molecule has 3 N–H and O–H groups in total. The third kappa shape index (κ3) is 2.74. The second-order valence-corrected chi connectivity index (χ2v) is 3.32. The van der Waals surface area contributed by atoms with Gasteiger partial charge in [-0.25, -0.2) is 0 Å². The van der Waals surface area contributed by atoms with Crippen LogP contribution in [0.15, 0.2) is 6.20 Å². The number of hydrogen-bond donors (Lipinski definition) is 2. The molecule has 0 unspecified atom stereocenters. The molecule has 0 bridgehead atoms. The number of amides is 1. The Kier molecular flexibility index (Phi) is 3.75. The Hall–Kier alpha value is -1.47. The number of thiocarbonyl (C=S) groups is 1. The first kappa shape index (κ1) is 11.6. The molecule has 0 aromatic carbocycles. The first-order chi connectivity index (χ1) is 7.06. The van der Waals surface area contributed by atoms with E-state index in [1.807, 2.05) is 0 Å². The van der Waals surface area contributed by atoms with Crippen LogP contribution in [0.25, 0.3) is 0 Å². The number of anilines is 1. The molecular weight excluding hydrogens is 216 g/mol. The SMILES string of the molecule is COCC(=O)Nc1c(C(N)=S)cnn1C. The van der Waals surface area contributed by atoms with Gasteiger partial charge in [0.15, 0.2) is 0 Å². The second kappa shape index (κ2) is 4.85. The molecule has 1 aromatic rings. The van der Waals surface area contributed by atoms with Gasteiger partial charge in [-0.15, -0.1) is 0 Å². The van der Waals surface area contributed by atoms with Crippen LogP contribution >= 0.6 is 12.2 Å². The summed E-state index contributed by atoms with van der Waals surface area (Å²) in [6.45, 7) is -0.0258. The average molecular weight is 228 g/mol. The molecule has 0 saturated heterocycles. The molecule has 1 aromatic heterocycles. The molecule has 1 rings (SSSR count). The van der Waals surface area contributed by atoms with E-state index in [4.69, 9.17) is 18.0 Å². The first-order valence-electron chi connectivity index (χ1n) is 4.17. The lowest BCUT2D eigenvalue weighted by molar-refractivity contribution is -0.119. The van der Waals surface area contributed by atoms with Crippen molar-refractivity contribution in [3.8, 4) is 0 Å². The van der Waals surface area contributed by atoms with Crippen LogP contribution < -0.4 is 11.1 Å². The predicted octanol–water partition coefficient (Wildman–Crippen LogP) is -0.361. The number of nitrogens with two attached hydrogens (primary N) is 1. The van der Waals surface area contributed by atoms with Gasteiger partial charge in [0, 0.05) is 14.2 Å². The van der Waals surface area contributed by atoms with Crippen LogP contribution in [0.1, 0.15) is 5.56 Å². The summed E-state index contributed by atoms with van der Waals surface area (Å²) in [4.78, 5) is 11.5. The lowest BCUT2D eigenvalue weighted by Gasteiger charge is -2.06. The summed E-state index contributed by atoms with van der Waals surface area (Å²) < 4.78 is 6.17. The fourth-order valence-electron chi connectivity index (χ4n) is 1.07. The minimum absolute atomic E-state index is 0.0258. The van der Waals surface area contributed by atoms with Gasteiger partial charge in [0.1, 0.15) is 17.4 Å². The summed E-state index contributed by atoms with van der Waals surface area (Å²) >= 11 is 4.82. The molecule has 0 aliphatic carbocycles.